The molecular weight excluding hydrogens is 204 g/mol. The van der Waals surface area contributed by atoms with Gasteiger partial charge < -0.3 is 4.74 Å². The van der Waals surface area contributed by atoms with Crippen LogP contribution in [0, 0.1) is 12.8 Å². The van der Waals surface area contributed by atoms with E-state index in [1.807, 2.05) is 19.3 Å². The number of rotatable bonds is 3. The lowest BCUT2D eigenvalue weighted by Gasteiger charge is -2.28. The van der Waals surface area contributed by atoms with Crippen molar-refractivity contribution in [1.29, 1.82) is 0 Å². The van der Waals surface area contributed by atoms with Crippen LogP contribution < -0.4 is 11.3 Å². The van der Waals surface area contributed by atoms with Gasteiger partial charge in [-0.25, -0.2) is 15.4 Å². The summed E-state index contributed by atoms with van der Waals surface area (Å²) in [5, 5.41) is 0. The predicted molar refractivity (Wildman–Crippen MR) is 60.4 cm³/mol. The van der Waals surface area contributed by atoms with E-state index < -0.39 is 0 Å². The van der Waals surface area contributed by atoms with Crippen molar-refractivity contribution in [3.05, 3.63) is 23.8 Å². The number of hydrogen-bond donors (Lipinski definition) is 2. The molecule has 0 aromatic carbocycles. The third-order valence-corrected chi connectivity index (χ3v) is 2.93. The minimum absolute atomic E-state index is 0.0131. The maximum absolute atomic E-state index is 5.59. The highest BCUT2D eigenvalue weighted by molar-refractivity contribution is 5.05. The zero-order valence-corrected chi connectivity index (χ0v) is 9.52. The molecule has 0 spiro atoms. The number of hydrazine groups is 1. The lowest BCUT2D eigenvalue weighted by atomic mass is 9.93. The lowest BCUT2D eigenvalue weighted by molar-refractivity contribution is 0.0376. The first-order valence-electron chi connectivity index (χ1n) is 5.63. The molecule has 0 amide bonds. The Morgan fingerprint density at radius 2 is 2.25 bits per heavy atom. The third kappa shape index (κ3) is 2.55. The van der Waals surface area contributed by atoms with Crippen molar-refractivity contribution in [2.45, 2.75) is 25.8 Å². The molecule has 3 N–H and O–H groups in total. The van der Waals surface area contributed by atoms with E-state index in [0.717, 1.165) is 37.4 Å². The first-order valence-corrected chi connectivity index (χ1v) is 5.63. The van der Waals surface area contributed by atoms with E-state index in [1.165, 1.54) is 0 Å². The largest absolute Gasteiger partial charge is 0.381 e. The summed E-state index contributed by atoms with van der Waals surface area (Å²) >= 11 is 0. The highest BCUT2D eigenvalue weighted by Gasteiger charge is 2.26. The van der Waals surface area contributed by atoms with Crippen LogP contribution >= 0.6 is 0 Å². The van der Waals surface area contributed by atoms with Gasteiger partial charge in [0.25, 0.3) is 0 Å². The molecule has 0 radical (unpaired) electrons. The number of ether oxygens (including phenoxy) is 1. The van der Waals surface area contributed by atoms with E-state index in [0.29, 0.717) is 5.92 Å². The topological polar surface area (TPSA) is 73.1 Å². The second kappa shape index (κ2) is 5.34. The summed E-state index contributed by atoms with van der Waals surface area (Å²) < 4.78 is 5.46. The van der Waals surface area contributed by atoms with Gasteiger partial charge in [0, 0.05) is 24.9 Å². The normalized spacial score (nSPS) is 23.0. The van der Waals surface area contributed by atoms with Crippen molar-refractivity contribution in [2.24, 2.45) is 11.8 Å². The predicted octanol–water partition coefficient (Wildman–Crippen LogP) is 0.716. The summed E-state index contributed by atoms with van der Waals surface area (Å²) in [5.41, 5.74) is 3.86. The van der Waals surface area contributed by atoms with Crippen molar-refractivity contribution in [2.75, 3.05) is 13.2 Å². The lowest BCUT2D eigenvalue weighted by Crippen LogP contribution is -2.38. The number of aryl methyl sites for hydroxylation is 1. The Morgan fingerprint density at radius 3 is 2.81 bits per heavy atom. The van der Waals surface area contributed by atoms with Gasteiger partial charge in [0.15, 0.2) is 0 Å². The van der Waals surface area contributed by atoms with Gasteiger partial charge in [-0.05, 0) is 25.3 Å². The van der Waals surface area contributed by atoms with Gasteiger partial charge in [0.1, 0.15) is 5.82 Å². The number of hydrogen-bond acceptors (Lipinski definition) is 5. The van der Waals surface area contributed by atoms with E-state index in [2.05, 4.69) is 15.4 Å². The standard InChI is InChI=1S/C11H18N4O/c1-8-5-13-11(14-6-8)10(15-12)9-3-2-4-16-7-9/h5-6,9-10,15H,2-4,7,12H2,1H3. The maximum Gasteiger partial charge on any atom is 0.146 e. The van der Waals surface area contributed by atoms with Gasteiger partial charge in [-0.15, -0.1) is 0 Å². The van der Waals surface area contributed by atoms with Crippen LogP contribution in [0.2, 0.25) is 0 Å². The van der Waals surface area contributed by atoms with Crippen LogP contribution in [-0.4, -0.2) is 23.2 Å². The molecule has 1 aliphatic heterocycles. The Kier molecular flexibility index (Phi) is 3.82. The monoisotopic (exact) mass is 222 g/mol. The molecular formula is C11H18N4O. The molecule has 0 bridgehead atoms. The molecule has 88 valence electrons. The van der Waals surface area contributed by atoms with Crippen LogP contribution in [0.25, 0.3) is 0 Å². The van der Waals surface area contributed by atoms with Crippen molar-refractivity contribution in [3.63, 3.8) is 0 Å². The van der Waals surface area contributed by atoms with E-state index in [-0.39, 0.29) is 6.04 Å². The van der Waals surface area contributed by atoms with Crippen molar-refractivity contribution in [1.82, 2.24) is 15.4 Å². The zero-order chi connectivity index (χ0) is 11.4. The van der Waals surface area contributed by atoms with Gasteiger partial charge in [-0.1, -0.05) is 0 Å². The molecule has 2 heterocycles. The molecule has 16 heavy (non-hydrogen) atoms. The fourth-order valence-electron chi connectivity index (χ4n) is 2.01. The van der Waals surface area contributed by atoms with E-state index in [1.54, 1.807) is 0 Å². The molecule has 1 saturated heterocycles. The number of nitrogens with one attached hydrogen (secondary N) is 1. The molecule has 1 aromatic heterocycles. The van der Waals surface area contributed by atoms with Crippen LogP contribution in [0.15, 0.2) is 12.4 Å². The molecule has 0 aliphatic carbocycles. The molecule has 2 unspecified atom stereocenters. The summed E-state index contributed by atoms with van der Waals surface area (Å²) in [5.74, 6) is 6.70. The molecule has 2 rings (SSSR count). The summed E-state index contributed by atoms with van der Waals surface area (Å²) in [6.45, 7) is 3.55. The quantitative estimate of drug-likeness (QED) is 0.582. The fraction of sp³-hybridized carbons (Fsp3) is 0.636. The molecule has 2 atom stereocenters. The number of nitrogens with two attached hydrogens (primary N) is 1. The van der Waals surface area contributed by atoms with Crippen LogP contribution in [-0.2, 0) is 4.74 Å². The van der Waals surface area contributed by atoms with Gasteiger partial charge >= 0.3 is 0 Å². The van der Waals surface area contributed by atoms with Crippen molar-refractivity contribution < 1.29 is 4.74 Å². The first-order chi connectivity index (χ1) is 7.81. The van der Waals surface area contributed by atoms with Gasteiger partial charge in [-0.2, -0.15) is 0 Å². The van der Waals surface area contributed by atoms with Gasteiger partial charge in [-0.3, -0.25) is 5.84 Å². The highest BCUT2D eigenvalue weighted by Crippen LogP contribution is 2.25. The second-order valence-electron chi connectivity index (χ2n) is 4.24. The van der Waals surface area contributed by atoms with Crippen LogP contribution in [0.4, 0.5) is 0 Å². The summed E-state index contributed by atoms with van der Waals surface area (Å²) in [4.78, 5) is 8.63. The Labute approximate surface area is 95.4 Å². The van der Waals surface area contributed by atoms with Gasteiger partial charge in [0.05, 0.1) is 12.6 Å². The van der Waals surface area contributed by atoms with Crippen LogP contribution in [0.5, 0.6) is 0 Å². The number of aromatic nitrogens is 2. The molecule has 1 aromatic rings. The van der Waals surface area contributed by atoms with Crippen LogP contribution in [0.1, 0.15) is 30.3 Å². The molecule has 5 nitrogen and oxygen atoms in total. The Hall–Kier alpha value is -1.04. The van der Waals surface area contributed by atoms with E-state index in [4.69, 9.17) is 10.6 Å². The zero-order valence-electron chi connectivity index (χ0n) is 9.52. The molecule has 1 aliphatic rings. The summed E-state index contributed by atoms with van der Waals surface area (Å²) in [6.07, 6.45) is 5.81. The smallest absolute Gasteiger partial charge is 0.146 e. The van der Waals surface area contributed by atoms with Crippen molar-refractivity contribution >= 4 is 0 Å². The van der Waals surface area contributed by atoms with Gasteiger partial charge in [0.2, 0.25) is 0 Å². The summed E-state index contributed by atoms with van der Waals surface area (Å²) in [6, 6.07) is -0.0131. The van der Waals surface area contributed by atoms with Crippen molar-refractivity contribution in [3.8, 4) is 0 Å². The molecule has 5 heteroatoms. The average molecular weight is 222 g/mol. The average Bonchev–Trinajstić information content (AvgIpc) is 2.34. The fourth-order valence-corrected chi connectivity index (χ4v) is 2.01. The minimum atomic E-state index is -0.0131. The highest BCUT2D eigenvalue weighted by atomic mass is 16.5. The van der Waals surface area contributed by atoms with Crippen LogP contribution in [0.3, 0.4) is 0 Å². The Balaban J connectivity index is 2.11. The Morgan fingerprint density at radius 1 is 1.50 bits per heavy atom. The second-order valence-corrected chi connectivity index (χ2v) is 4.24. The molecule has 0 saturated carbocycles. The number of nitrogens with zero attached hydrogens (tertiary/aromatic N) is 2. The third-order valence-electron chi connectivity index (χ3n) is 2.93. The SMILES string of the molecule is Cc1cnc(C(NN)C2CCCOC2)nc1. The van der Waals surface area contributed by atoms with E-state index >= 15 is 0 Å². The Bertz CT molecular complexity index is 321. The minimum Gasteiger partial charge on any atom is -0.381 e. The summed E-state index contributed by atoms with van der Waals surface area (Å²) in [7, 11) is 0. The molecule has 1 fully saturated rings. The first kappa shape index (κ1) is 11.4. The van der Waals surface area contributed by atoms with E-state index in [9.17, 15) is 0 Å². The maximum atomic E-state index is 5.59.